The number of aromatic nitrogens is 2. The normalized spacial score (nSPS) is 19.8. The van der Waals surface area contributed by atoms with Gasteiger partial charge >= 0.3 is 0 Å². The highest BCUT2D eigenvalue weighted by molar-refractivity contribution is 5.16. The summed E-state index contributed by atoms with van der Waals surface area (Å²) in [6.07, 6.45) is 5.40. The Bertz CT molecular complexity index is 377. The molecule has 0 radical (unpaired) electrons. The third-order valence-electron chi connectivity index (χ3n) is 4.03. The van der Waals surface area contributed by atoms with Gasteiger partial charge in [0.05, 0.1) is 17.3 Å². The van der Waals surface area contributed by atoms with Crippen molar-refractivity contribution in [3.63, 3.8) is 0 Å². The highest BCUT2D eigenvalue weighted by Crippen LogP contribution is 2.45. The molecule has 2 rings (SSSR count). The molecule has 4 nitrogen and oxygen atoms in total. The number of methoxy groups -OCH3 is 1. The highest BCUT2D eigenvalue weighted by atomic mass is 16.5. The van der Waals surface area contributed by atoms with Crippen molar-refractivity contribution in [3.05, 3.63) is 18.0 Å². The summed E-state index contributed by atoms with van der Waals surface area (Å²) < 4.78 is 7.95. The van der Waals surface area contributed by atoms with Crippen LogP contribution in [-0.2, 0) is 4.74 Å². The molecule has 1 fully saturated rings. The number of hydrogen-bond acceptors (Lipinski definition) is 3. The lowest BCUT2D eigenvalue weighted by atomic mass is 9.73. The van der Waals surface area contributed by atoms with Crippen molar-refractivity contribution in [2.24, 2.45) is 0 Å². The molecule has 0 saturated heterocycles. The number of nitrogens with one attached hydrogen (secondary N) is 1. The van der Waals surface area contributed by atoms with Crippen molar-refractivity contribution in [1.82, 2.24) is 15.1 Å². The van der Waals surface area contributed by atoms with Gasteiger partial charge in [0.1, 0.15) is 0 Å². The third-order valence-corrected chi connectivity index (χ3v) is 4.03. The van der Waals surface area contributed by atoms with Crippen molar-refractivity contribution in [1.29, 1.82) is 0 Å². The van der Waals surface area contributed by atoms with Crippen LogP contribution in [0, 0.1) is 0 Å². The molecule has 1 aromatic rings. The van der Waals surface area contributed by atoms with Crippen molar-refractivity contribution in [2.75, 3.05) is 13.7 Å². The molecular formula is C14H25N3O. The fraction of sp³-hybridized carbons (Fsp3) is 0.786. The predicted molar refractivity (Wildman–Crippen MR) is 72.6 cm³/mol. The fourth-order valence-electron chi connectivity index (χ4n) is 2.88. The van der Waals surface area contributed by atoms with E-state index in [1.165, 1.54) is 12.1 Å². The summed E-state index contributed by atoms with van der Waals surface area (Å²) in [5.41, 5.74) is 1.20. The molecule has 0 aromatic carbocycles. The smallest absolute Gasteiger partial charge is 0.0887 e. The quantitative estimate of drug-likeness (QED) is 0.845. The maximum atomic E-state index is 5.84. The van der Waals surface area contributed by atoms with E-state index >= 15 is 0 Å². The van der Waals surface area contributed by atoms with Gasteiger partial charge in [0.15, 0.2) is 0 Å². The van der Waals surface area contributed by atoms with Crippen LogP contribution in [0.2, 0.25) is 0 Å². The molecule has 1 aliphatic carbocycles. The monoisotopic (exact) mass is 251 g/mol. The molecule has 1 N–H and O–H groups in total. The first-order valence-corrected chi connectivity index (χ1v) is 6.96. The van der Waals surface area contributed by atoms with Crippen LogP contribution in [0.3, 0.4) is 0 Å². The topological polar surface area (TPSA) is 39.1 Å². The lowest BCUT2D eigenvalue weighted by Gasteiger charge is -2.47. The van der Waals surface area contributed by atoms with Gasteiger partial charge in [-0.3, -0.25) is 4.68 Å². The van der Waals surface area contributed by atoms with Crippen molar-refractivity contribution in [3.8, 4) is 0 Å². The average Bonchev–Trinajstić information content (AvgIpc) is 2.75. The molecule has 18 heavy (non-hydrogen) atoms. The Labute approximate surface area is 110 Å². The molecule has 1 heterocycles. The van der Waals surface area contributed by atoms with Gasteiger partial charge < -0.3 is 10.1 Å². The first kappa shape index (κ1) is 13.6. The van der Waals surface area contributed by atoms with E-state index in [0.717, 1.165) is 19.4 Å². The molecule has 4 heteroatoms. The predicted octanol–water partition coefficient (Wildman–Crippen LogP) is 2.68. The van der Waals surface area contributed by atoms with Crippen LogP contribution in [0.25, 0.3) is 0 Å². The van der Waals surface area contributed by atoms with Gasteiger partial charge in [0, 0.05) is 19.3 Å². The molecule has 1 aliphatic rings. The van der Waals surface area contributed by atoms with E-state index in [0.29, 0.717) is 6.04 Å². The summed E-state index contributed by atoms with van der Waals surface area (Å²) in [4.78, 5) is 0. The van der Waals surface area contributed by atoms with Gasteiger partial charge in [-0.15, -0.1) is 0 Å². The first-order valence-electron chi connectivity index (χ1n) is 6.96. The van der Waals surface area contributed by atoms with Crippen LogP contribution >= 0.6 is 0 Å². The summed E-state index contributed by atoms with van der Waals surface area (Å²) in [6, 6.07) is 2.74. The molecule has 1 atom stereocenters. The van der Waals surface area contributed by atoms with Crippen LogP contribution < -0.4 is 5.32 Å². The van der Waals surface area contributed by atoms with Crippen molar-refractivity contribution in [2.45, 2.75) is 57.7 Å². The molecule has 102 valence electrons. The molecule has 0 spiro atoms. The van der Waals surface area contributed by atoms with E-state index in [4.69, 9.17) is 4.74 Å². The SMILES string of the molecule is CCNC(c1ccnn1C(C)C)C1(OC)CCC1. The second-order valence-corrected chi connectivity index (χ2v) is 5.41. The standard InChI is InChI=1S/C14H25N3O/c1-5-15-13(14(18-4)8-6-9-14)12-7-10-16-17(12)11(2)3/h7,10-11,13,15H,5-6,8-9H2,1-4H3. The summed E-state index contributed by atoms with van der Waals surface area (Å²) >= 11 is 0. The number of rotatable bonds is 6. The van der Waals surface area contributed by atoms with Crippen LogP contribution in [0.5, 0.6) is 0 Å². The molecule has 0 aliphatic heterocycles. The van der Waals surface area contributed by atoms with E-state index in [2.05, 4.69) is 41.9 Å². The highest BCUT2D eigenvalue weighted by Gasteiger charge is 2.46. The minimum absolute atomic E-state index is 0.0390. The number of likely N-dealkylation sites (N-methyl/N-ethyl adjacent to an activating group) is 1. The molecule has 1 saturated carbocycles. The lowest BCUT2D eigenvalue weighted by Crippen LogP contribution is -2.51. The minimum Gasteiger partial charge on any atom is -0.376 e. The summed E-state index contributed by atoms with van der Waals surface area (Å²) in [5, 5.41) is 8.03. The number of ether oxygens (including phenoxy) is 1. The van der Waals surface area contributed by atoms with Crippen LogP contribution in [0.15, 0.2) is 12.3 Å². The van der Waals surface area contributed by atoms with Crippen LogP contribution in [0.1, 0.15) is 57.8 Å². The summed E-state index contributed by atoms with van der Waals surface area (Å²) in [7, 11) is 1.83. The van der Waals surface area contributed by atoms with Crippen molar-refractivity contribution >= 4 is 0 Å². The van der Waals surface area contributed by atoms with E-state index < -0.39 is 0 Å². The Hall–Kier alpha value is -0.870. The van der Waals surface area contributed by atoms with Crippen LogP contribution in [-0.4, -0.2) is 29.0 Å². The van der Waals surface area contributed by atoms with Gasteiger partial charge in [0.25, 0.3) is 0 Å². The number of hydrogen-bond donors (Lipinski definition) is 1. The van der Waals surface area contributed by atoms with Gasteiger partial charge in [-0.25, -0.2) is 0 Å². The number of nitrogens with zero attached hydrogens (tertiary/aromatic N) is 2. The third kappa shape index (κ3) is 2.19. The fourth-order valence-corrected chi connectivity index (χ4v) is 2.88. The average molecular weight is 251 g/mol. The molecule has 1 aromatic heterocycles. The summed E-state index contributed by atoms with van der Waals surface area (Å²) in [5.74, 6) is 0. The second-order valence-electron chi connectivity index (χ2n) is 5.41. The Balaban J connectivity index is 2.32. The minimum atomic E-state index is -0.0390. The van der Waals surface area contributed by atoms with Gasteiger partial charge in [-0.05, 0) is 45.7 Å². The van der Waals surface area contributed by atoms with Crippen molar-refractivity contribution < 1.29 is 4.74 Å². The Morgan fingerprint density at radius 1 is 1.50 bits per heavy atom. The van der Waals surface area contributed by atoms with E-state index in [9.17, 15) is 0 Å². The van der Waals surface area contributed by atoms with E-state index in [-0.39, 0.29) is 11.6 Å². The van der Waals surface area contributed by atoms with E-state index in [1.54, 1.807) is 0 Å². The van der Waals surface area contributed by atoms with Crippen LogP contribution in [0.4, 0.5) is 0 Å². The van der Waals surface area contributed by atoms with Gasteiger partial charge in [-0.2, -0.15) is 5.10 Å². The largest absolute Gasteiger partial charge is 0.376 e. The van der Waals surface area contributed by atoms with Gasteiger partial charge in [0.2, 0.25) is 0 Å². The molecule has 0 bridgehead atoms. The molecule has 1 unspecified atom stereocenters. The first-order chi connectivity index (χ1) is 8.64. The lowest BCUT2D eigenvalue weighted by molar-refractivity contribution is -0.101. The Kier molecular flexibility index (Phi) is 4.07. The molecule has 0 amide bonds. The summed E-state index contributed by atoms with van der Waals surface area (Å²) in [6.45, 7) is 7.42. The van der Waals surface area contributed by atoms with E-state index in [1.807, 2.05) is 13.3 Å². The van der Waals surface area contributed by atoms with Gasteiger partial charge in [-0.1, -0.05) is 6.92 Å². The zero-order valence-corrected chi connectivity index (χ0v) is 11.9. The second kappa shape index (κ2) is 5.41. The molecular weight excluding hydrogens is 226 g/mol. The Morgan fingerprint density at radius 3 is 2.67 bits per heavy atom. The maximum absolute atomic E-state index is 5.84. The zero-order chi connectivity index (χ0) is 13.2. The maximum Gasteiger partial charge on any atom is 0.0887 e. The zero-order valence-electron chi connectivity index (χ0n) is 11.9. The Morgan fingerprint density at radius 2 is 2.22 bits per heavy atom.